The lowest BCUT2D eigenvalue weighted by Crippen LogP contribution is -2.20. The first kappa shape index (κ1) is 16.9. The Morgan fingerprint density at radius 2 is 1.74 bits per heavy atom. The maximum absolute atomic E-state index is 12.7. The molecule has 0 unspecified atom stereocenters. The summed E-state index contributed by atoms with van der Waals surface area (Å²) in [4.78, 5) is 0. The molecule has 0 saturated heterocycles. The molecule has 1 nitrogen and oxygen atoms in total. The van der Waals surface area contributed by atoms with Crippen LogP contribution in [0.4, 0.5) is 13.2 Å². The normalized spacial score (nSPS) is 14.5. The molecule has 0 radical (unpaired) electrons. The number of nitrogens with one attached hydrogen (secondary N) is 1. The first-order valence-corrected chi connectivity index (χ1v) is 7.41. The maximum atomic E-state index is 12.7. The van der Waals surface area contributed by atoms with E-state index in [1.165, 1.54) is 18.0 Å². The Kier molecular flexibility index (Phi) is 5.37. The minimum absolute atomic E-state index is 0.00707. The number of hydrogen-bond acceptors (Lipinski definition) is 2. The average Bonchev–Trinajstić information content (AvgIpc) is 2.22. The fourth-order valence-corrected chi connectivity index (χ4v) is 2.54. The largest absolute Gasteiger partial charge is 0.416 e. The van der Waals surface area contributed by atoms with E-state index in [2.05, 4.69) is 20.7 Å². The van der Waals surface area contributed by atoms with Crippen molar-refractivity contribution in [3.8, 4) is 0 Å². The summed E-state index contributed by atoms with van der Waals surface area (Å²) < 4.78 is 41.8. The average molecular weight is 356 g/mol. The summed E-state index contributed by atoms with van der Waals surface area (Å²) in [6.45, 7) is 7.97. The molecule has 1 atom stereocenters. The summed E-state index contributed by atoms with van der Waals surface area (Å²) in [5.41, 5.74) is -0.0234. The number of hydrogen-bond donors (Lipinski definition) is 1. The van der Waals surface area contributed by atoms with Gasteiger partial charge in [0.2, 0.25) is 0 Å². The van der Waals surface area contributed by atoms with Crippen LogP contribution in [0.3, 0.4) is 0 Å². The van der Waals surface area contributed by atoms with Gasteiger partial charge in [-0.25, -0.2) is 0 Å². The van der Waals surface area contributed by atoms with Crippen molar-refractivity contribution in [3.63, 3.8) is 0 Å². The Morgan fingerprint density at radius 1 is 1.16 bits per heavy atom. The number of alkyl halides is 3. The summed E-state index contributed by atoms with van der Waals surface area (Å²) in [5, 5.41) is 0. The lowest BCUT2D eigenvalue weighted by atomic mass is 10.1. The van der Waals surface area contributed by atoms with Crippen LogP contribution in [-0.4, -0.2) is 4.75 Å². The van der Waals surface area contributed by atoms with E-state index >= 15 is 0 Å². The van der Waals surface area contributed by atoms with Crippen molar-refractivity contribution < 1.29 is 13.2 Å². The number of rotatable bonds is 3. The predicted molar refractivity (Wildman–Crippen MR) is 78.0 cm³/mol. The van der Waals surface area contributed by atoms with Gasteiger partial charge in [0.15, 0.2) is 0 Å². The molecule has 1 N–H and O–H groups in total. The molecule has 0 amide bonds. The van der Waals surface area contributed by atoms with Crippen LogP contribution in [0, 0.1) is 0 Å². The summed E-state index contributed by atoms with van der Waals surface area (Å²) in [6.07, 6.45) is -4.32. The summed E-state index contributed by atoms with van der Waals surface area (Å²) in [7, 11) is 0. The quantitative estimate of drug-likeness (QED) is 0.711. The molecule has 108 valence electrons. The molecule has 0 aromatic heterocycles. The standard InChI is InChI=1S/C13H17BrF3NS/c1-8(18-19-12(2,3)4)9-5-10(13(15,16)17)7-11(14)6-9/h5-8,18H,1-4H3/t8-/m1/s1. The van der Waals surface area contributed by atoms with E-state index in [1.54, 1.807) is 6.07 Å². The Labute approximate surface area is 124 Å². The van der Waals surface area contributed by atoms with Gasteiger partial charge in [-0.05, 0) is 51.5 Å². The molecular formula is C13H17BrF3NS. The molecule has 1 aromatic carbocycles. The van der Waals surface area contributed by atoms with Crippen molar-refractivity contribution in [1.82, 2.24) is 4.72 Å². The molecule has 0 aliphatic carbocycles. The third-order valence-electron chi connectivity index (χ3n) is 2.29. The van der Waals surface area contributed by atoms with Gasteiger partial charge in [0.1, 0.15) is 0 Å². The second-order valence-corrected chi connectivity index (χ2v) is 7.91. The molecule has 0 bridgehead atoms. The second-order valence-electron chi connectivity index (χ2n) is 5.32. The number of halogens is 4. The van der Waals surface area contributed by atoms with Gasteiger partial charge >= 0.3 is 6.18 Å². The van der Waals surface area contributed by atoms with Gasteiger partial charge < -0.3 is 0 Å². The van der Waals surface area contributed by atoms with Crippen molar-refractivity contribution in [3.05, 3.63) is 33.8 Å². The summed E-state index contributed by atoms with van der Waals surface area (Å²) in [6, 6.07) is 3.82. The minimum atomic E-state index is -4.32. The van der Waals surface area contributed by atoms with Gasteiger partial charge in [-0.2, -0.15) is 13.2 Å². The van der Waals surface area contributed by atoms with E-state index in [4.69, 9.17) is 0 Å². The van der Waals surface area contributed by atoms with Crippen LogP contribution in [0.15, 0.2) is 22.7 Å². The number of benzene rings is 1. The predicted octanol–water partition coefficient (Wildman–Crippen LogP) is 5.57. The first-order chi connectivity index (χ1) is 8.49. The monoisotopic (exact) mass is 355 g/mol. The first-order valence-electron chi connectivity index (χ1n) is 5.80. The maximum Gasteiger partial charge on any atom is 0.416 e. The molecule has 0 saturated carbocycles. The van der Waals surface area contributed by atoms with Crippen LogP contribution in [0.2, 0.25) is 0 Å². The van der Waals surface area contributed by atoms with Crippen molar-refractivity contribution in [2.75, 3.05) is 0 Å². The van der Waals surface area contributed by atoms with Crippen LogP contribution in [0.25, 0.3) is 0 Å². The van der Waals surface area contributed by atoms with Crippen molar-refractivity contribution in [2.45, 2.75) is 44.7 Å². The molecule has 6 heteroatoms. The zero-order valence-electron chi connectivity index (χ0n) is 11.2. The molecule has 0 fully saturated rings. The second kappa shape index (κ2) is 6.06. The SMILES string of the molecule is C[C@@H](NSC(C)(C)C)c1cc(Br)cc(C(F)(F)F)c1. The smallest absolute Gasteiger partial charge is 0.256 e. The highest BCUT2D eigenvalue weighted by Gasteiger charge is 2.31. The zero-order valence-corrected chi connectivity index (χ0v) is 13.6. The van der Waals surface area contributed by atoms with E-state index in [0.717, 1.165) is 6.07 Å². The van der Waals surface area contributed by atoms with Crippen molar-refractivity contribution in [2.24, 2.45) is 0 Å². The van der Waals surface area contributed by atoms with Gasteiger partial charge in [0.25, 0.3) is 0 Å². The summed E-state index contributed by atoms with van der Waals surface area (Å²) in [5.74, 6) is 0. The van der Waals surface area contributed by atoms with Gasteiger partial charge in [-0.3, -0.25) is 4.72 Å². The topological polar surface area (TPSA) is 12.0 Å². The highest BCUT2D eigenvalue weighted by molar-refractivity contribution is 9.10. The van der Waals surface area contributed by atoms with E-state index in [0.29, 0.717) is 10.0 Å². The molecule has 0 aliphatic rings. The summed E-state index contributed by atoms with van der Waals surface area (Å²) >= 11 is 4.64. The van der Waals surface area contributed by atoms with E-state index in [9.17, 15) is 13.2 Å². The molecule has 0 aliphatic heterocycles. The van der Waals surface area contributed by atoms with Crippen molar-refractivity contribution >= 4 is 27.9 Å². The fourth-order valence-electron chi connectivity index (χ4n) is 1.36. The lowest BCUT2D eigenvalue weighted by Gasteiger charge is -2.22. The molecule has 19 heavy (non-hydrogen) atoms. The highest BCUT2D eigenvalue weighted by atomic mass is 79.9. The van der Waals surface area contributed by atoms with E-state index in [1.807, 2.05) is 27.7 Å². The Hall–Kier alpha value is -0.200. The molecule has 0 spiro atoms. The van der Waals surface area contributed by atoms with E-state index < -0.39 is 11.7 Å². The molecule has 1 rings (SSSR count). The third-order valence-corrected chi connectivity index (χ3v) is 3.83. The lowest BCUT2D eigenvalue weighted by molar-refractivity contribution is -0.137. The third kappa shape index (κ3) is 5.75. The van der Waals surface area contributed by atoms with Gasteiger partial charge in [-0.1, -0.05) is 27.9 Å². The zero-order chi connectivity index (χ0) is 14.8. The van der Waals surface area contributed by atoms with E-state index in [-0.39, 0.29) is 10.8 Å². The van der Waals surface area contributed by atoms with Crippen LogP contribution in [0.5, 0.6) is 0 Å². The fraction of sp³-hybridized carbons (Fsp3) is 0.538. The molecule has 1 aromatic rings. The molecule has 0 heterocycles. The highest BCUT2D eigenvalue weighted by Crippen LogP contribution is 2.34. The van der Waals surface area contributed by atoms with Crippen molar-refractivity contribution in [1.29, 1.82) is 0 Å². The Bertz CT molecular complexity index is 440. The Morgan fingerprint density at radius 3 is 2.21 bits per heavy atom. The van der Waals surface area contributed by atoms with Crippen LogP contribution in [0.1, 0.15) is 44.9 Å². The van der Waals surface area contributed by atoms with Crippen LogP contribution < -0.4 is 4.72 Å². The Balaban J connectivity index is 2.91. The van der Waals surface area contributed by atoms with Gasteiger partial charge in [0.05, 0.1) is 5.56 Å². The minimum Gasteiger partial charge on any atom is -0.256 e. The molecular weight excluding hydrogens is 339 g/mol. The van der Waals surface area contributed by atoms with Gasteiger partial charge in [0, 0.05) is 15.3 Å². The van der Waals surface area contributed by atoms with Crippen LogP contribution >= 0.6 is 27.9 Å². The van der Waals surface area contributed by atoms with Crippen LogP contribution in [-0.2, 0) is 6.18 Å². The van der Waals surface area contributed by atoms with Gasteiger partial charge in [-0.15, -0.1) is 0 Å².